The first-order chi connectivity index (χ1) is 21.7. The van der Waals surface area contributed by atoms with Gasteiger partial charge in [-0.15, -0.1) is 0 Å². The fourth-order valence-corrected chi connectivity index (χ4v) is 6.44. The Kier molecular flexibility index (Phi) is 8.48. The molecular formula is C32H29ClF3N7O2. The van der Waals surface area contributed by atoms with Gasteiger partial charge in [0.2, 0.25) is 0 Å². The molecule has 0 bridgehead atoms. The molecule has 2 aliphatic rings. The molecule has 3 atom stereocenters. The summed E-state index contributed by atoms with van der Waals surface area (Å²) in [5.74, 6) is -2.31. The summed E-state index contributed by atoms with van der Waals surface area (Å²) >= 11 is 6.54. The average Bonchev–Trinajstić information content (AvgIpc) is 3.36. The van der Waals surface area contributed by atoms with Crippen molar-refractivity contribution in [2.24, 2.45) is 0 Å². The van der Waals surface area contributed by atoms with Crippen molar-refractivity contribution in [2.45, 2.75) is 31.1 Å². The molecule has 2 saturated heterocycles. The number of likely N-dealkylation sites (tertiary alicyclic amines) is 1. The Hall–Kier alpha value is -4.47. The number of carbonyl (C=O) groups excluding carboxylic acids is 1. The number of anilines is 1. The van der Waals surface area contributed by atoms with Crippen molar-refractivity contribution in [3.8, 4) is 23.2 Å². The van der Waals surface area contributed by atoms with Gasteiger partial charge in [0.05, 0.1) is 18.5 Å². The number of pyridine rings is 1. The number of nitrogens with zero attached hydrogens (tertiary/aromatic N) is 7. The van der Waals surface area contributed by atoms with Crippen LogP contribution in [-0.2, 0) is 4.79 Å². The van der Waals surface area contributed by atoms with Crippen LogP contribution < -0.4 is 9.64 Å². The molecule has 0 aliphatic carbocycles. The number of amides is 1. The number of rotatable bonds is 7. The number of nitriles is 1. The molecule has 4 aromatic rings. The van der Waals surface area contributed by atoms with Crippen LogP contribution in [0.2, 0.25) is 5.02 Å². The lowest BCUT2D eigenvalue weighted by Crippen LogP contribution is -2.55. The standard InChI is InChI=1S/C32H29ClF3N7O2/c1-18(34)31(44)43-11-10-42(16-21(43)8-9-37)30-24-7-6-23(25-14-38-13-19-4-3-5-26(33)27(19)25)28(36)29(24)39-32(40-30)45-17-22-12-20(35)15-41(22)2/h3-7,13-14,20-22H,1,8,10-12,15-17H2,2H3/t20-,21+,22+/m1/s1. The fraction of sp³-hybridized carbons (Fsp3) is 0.344. The van der Waals surface area contributed by atoms with E-state index in [1.54, 1.807) is 48.6 Å². The lowest BCUT2D eigenvalue weighted by molar-refractivity contribution is -0.131. The molecule has 13 heteroatoms. The zero-order valence-electron chi connectivity index (χ0n) is 24.4. The van der Waals surface area contributed by atoms with Gasteiger partial charge >= 0.3 is 6.01 Å². The van der Waals surface area contributed by atoms with E-state index < -0.39 is 29.8 Å². The van der Waals surface area contributed by atoms with Crippen LogP contribution in [0, 0.1) is 17.1 Å². The zero-order chi connectivity index (χ0) is 31.8. The number of benzene rings is 2. The van der Waals surface area contributed by atoms with Crippen LogP contribution in [0.4, 0.5) is 19.0 Å². The van der Waals surface area contributed by atoms with Gasteiger partial charge in [0.15, 0.2) is 11.6 Å². The molecule has 0 saturated carbocycles. The molecule has 0 unspecified atom stereocenters. The molecular weight excluding hydrogens is 607 g/mol. The lowest BCUT2D eigenvalue weighted by Gasteiger charge is -2.41. The summed E-state index contributed by atoms with van der Waals surface area (Å²) in [6.07, 6.45) is 2.44. The van der Waals surface area contributed by atoms with E-state index >= 15 is 4.39 Å². The van der Waals surface area contributed by atoms with Crippen LogP contribution in [-0.4, -0.2) is 88.7 Å². The van der Waals surface area contributed by atoms with Gasteiger partial charge in [-0.25, -0.2) is 13.2 Å². The number of fused-ring (bicyclic) bond motifs is 2. The van der Waals surface area contributed by atoms with E-state index in [0.717, 1.165) is 5.39 Å². The second-order valence-electron chi connectivity index (χ2n) is 11.3. The second-order valence-corrected chi connectivity index (χ2v) is 11.7. The summed E-state index contributed by atoms with van der Waals surface area (Å²) in [4.78, 5) is 30.8. The number of carbonyl (C=O) groups is 1. The fourth-order valence-electron chi connectivity index (χ4n) is 6.16. The molecule has 2 fully saturated rings. The van der Waals surface area contributed by atoms with Crippen molar-refractivity contribution in [2.75, 3.05) is 44.7 Å². The molecule has 1 amide bonds. The minimum absolute atomic E-state index is 0.0211. The number of aromatic nitrogens is 3. The molecule has 2 aromatic carbocycles. The number of hydrogen-bond donors (Lipinski definition) is 0. The molecule has 0 spiro atoms. The van der Waals surface area contributed by atoms with E-state index in [-0.39, 0.29) is 68.8 Å². The van der Waals surface area contributed by atoms with E-state index in [0.29, 0.717) is 27.2 Å². The molecule has 4 heterocycles. The predicted molar refractivity (Wildman–Crippen MR) is 165 cm³/mol. The van der Waals surface area contributed by atoms with E-state index in [1.165, 1.54) is 4.90 Å². The number of hydrogen-bond acceptors (Lipinski definition) is 8. The van der Waals surface area contributed by atoms with Crippen LogP contribution in [0.1, 0.15) is 12.8 Å². The van der Waals surface area contributed by atoms with Gasteiger partial charge in [0, 0.05) is 76.9 Å². The van der Waals surface area contributed by atoms with Gasteiger partial charge in [-0.05, 0) is 25.6 Å². The maximum atomic E-state index is 16.6. The van der Waals surface area contributed by atoms with Crippen LogP contribution in [0.15, 0.2) is 55.1 Å². The summed E-state index contributed by atoms with van der Waals surface area (Å²) in [7, 11) is 1.80. The van der Waals surface area contributed by atoms with Crippen LogP contribution in [0.5, 0.6) is 6.01 Å². The average molecular weight is 636 g/mol. The number of halogens is 4. The van der Waals surface area contributed by atoms with Crippen molar-refractivity contribution in [1.82, 2.24) is 24.8 Å². The molecule has 45 heavy (non-hydrogen) atoms. The summed E-state index contributed by atoms with van der Waals surface area (Å²) in [5, 5.41) is 11.6. The molecule has 2 aromatic heterocycles. The zero-order valence-corrected chi connectivity index (χ0v) is 25.1. The lowest BCUT2D eigenvalue weighted by atomic mass is 9.99. The predicted octanol–water partition coefficient (Wildman–Crippen LogP) is 5.47. The first-order valence-electron chi connectivity index (χ1n) is 14.4. The van der Waals surface area contributed by atoms with Gasteiger partial charge in [-0.2, -0.15) is 15.2 Å². The third kappa shape index (κ3) is 5.85. The van der Waals surface area contributed by atoms with Crippen molar-refractivity contribution >= 4 is 45.0 Å². The van der Waals surface area contributed by atoms with Crippen molar-refractivity contribution in [1.29, 1.82) is 5.26 Å². The van der Waals surface area contributed by atoms with Gasteiger partial charge in [-0.1, -0.05) is 36.4 Å². The third-order valence-corrected chi connectivity index (χ3v) is 8.75. The summed E-state index contributed by atoms with van der Waals surface area (Å²) in [5.41, 5.74) is 0.681. The highest BCUT2D eigenvalue weighted by Gasteiger charge is 2.34. The van der Waals surface area contributed by atoms with Gasteiger partial charge in [-0.3, -0.25) is 14.7 Å². The Bertz CT molecular complexity index is 1850. The Balaban J connectivity index is 1.45. The molecule has 0 radical (unpaired) electrons. The van der Waals surface area contributed by atoms with Gasteiger partial charge in [0.1, 0.15) is 24.1 Å². The van der Waals surface area contributed by atoms with Crippen LogP contribution in [0.3, 0.4) is 0 Å². The van der Waals surface area contributed by atoms with E-state index in [2.05, 4.69) is 27.6 Å². The molecule has 0 N–H and O–H groups in total. The first-order valence-corrected chi connectivity index (χ1v) is 14.8. The van der Waals surface area contributed by atoms with E-state index in [1.807, 2.05) is 11.0 Å². The minimum Gasteiger partial charge on any atom is -0.462 e. The van der Waals surface area contributed by atoms with E-state index in [4.69, 9.17) is 16.3 Å². The largest absolute Gasteiger partial charge is 0.462 e. The maximum absolute atomic E-state index is 16.6. The van der Waals surface area contributed by atoms with E-state index in [9.17, 15) is 18.8 Å². The highest BCUT2D eigenvalue weighted by Crippen LogP contribution is 2.38. The smallest absolute Gasteiger partial charge is 0.319 e. The Morgan fingerprint density at radius 2 is 1.98 bits per heavy atom. The monoisotopic (exact) mass is 635 g/mol. The second kappa shape index (κ2) is 12.5. The maximum Gasteiger partial charge on any atom is 0.319 e. The van der Waals surface area contributed by atoms with Gasteiger partial charge in [0.25, 0.3) is 5.91 Å². The highest BCUT2D eigenvalue weighted by molar-refractivity contribution is 6.36. The molecule has 9 nitrogen and oxygen atoms in total. The molecule has 2 aliphatic heterocycles. The highest BCUT2D eigenvalue weighted by atomic mass is 35.5. The van der Waals surface area contributed by atoms with Crippen LogP contribution in [0.25, 0.3) is 32.8 Å². The number of alkyl halides is 1. The number of piperazine rings is 1. The molecule has 232 valence electrons. The minimum atomic E-state index is -1.11. The molecule has 6 rings (SSSR count). The normalized spacial score (nSPS) is 20.5. The summed E-state index contributed by atoms with van der Waals surface area (Å²) in [6.45, 7) is 3.91. The van der Waals surface area contributed by atoms with Crippen LogP contribution >= 0.6 is 11.6 Å². The summed E-state index contributed by atoms with van der Waals surface area (Å²) < 4.78 is 50.4. The van der Waals surface area contributed by atoms with Crippen molar-refractivity contribution in [3.63, 3.8) is 0 Å². The topological polar surface area (TPSA) is 98.5 Å². The number of likely N-dealkylation sites (N-methyl/N-ethyl adjacent to an activating group) is 1. The quantitative estimate of drug-likeness (QED) is 0.247. The van der Waals surface area contributed by atoms with Crippen molar-refractivity contribution in [3.05, 3.63) is 66.0 Å². The Morgan fingerprint density at radius 3 is 2.71 bits per heavy atom. The Labute approximate surface area is 262 Å². The number of ether oxygens (including phenoxy) is 1. The third-order valence-electron chi connectivity index (χ3n) is 8.43. The van der Waals surface area contributed by atoms with Gasteiger partial charge < -0.3 is 14.5 Å². The Morgan fingerprint density at radius 1 is 1.16 bits per heavy atom. The first kappa shape index (κ1) is 30.6. The SMILES string of the molecule is C=C(F)C(=O)N1CCN(c2nc(OC[C@@H]3C[C@@H](F)CN3C)nc3c(F)c(-c4cncc5cccc(Cl)c45)ccc23)C[C@@H]1CC#N. The summed E-state index contributed by atoms with van der Waals surface area (Å²) in [6, 6.07) is 9.72. The van der Waals surface area contributed by atoms with Crippen molar-refractivity contribution < 1.29 is 22.7 Å².